The van der Waals surface area contributed by atoms with Crippen LogP contribution < -0.4 is 10.6 Å². The average Bonchev–Trinajstić information content (AvgIpc) is 2.30. The molecule has 0 unspecified atom stereocenters. The van der Waals surface area contributed by atoms with Crippen LogP contribution in [-0.4, -0.2) is 55.1 Å². The van der Waals surface area contributed by atoms with Gasteiger partial charge in [0.15, 0.2) is 6.04 Å². The Labute approximate surface area is 107 Å². The number of aliphatic hydroxyl groups excluding tert-OH is 1. The fourth-order valence-corrected chi connectivity index (χ4v) is 1.18. The van der Waals surface area contributed by atoms with Crippen LogP contribution in [0.15, 0.2) is 0 Å². The number of hydrogen-bond donors (Lipinski definition) is 4. The van der Waals surface area contributed by atoms with E-state index in [1.54, 1.807) is 7.11 Å². The molecule has 0 spiro atoms. The van der Waals surface area contributed by atoms with Crippen LogP contribution in [0.2, 0.25) is 0 Å². The number of carbonyl (C=O) groups is 2. The van der Waals surface area contributed by atoms with Gasteiger partial charge >= 0.3 is 12.0 Å². The van der Waals surface area contributed by atoms with Crippen molar-refractivity contribution in [1.29, 1.82) is 0 Å². The van der Waals surface area contributed by atoms with E-state index in [1.807, 2.05) is 13.8 Å². The van der Waals surface area contributed by atoms with Gasteiger partial charge in [0.05, 0.1) is 6.61 Å². The Bertz CT molecular complexity index is 281. The molecule has 106 valence electrons. The molecular formula is C11H22N2O5. The van der Waals surface area contributed by atoms with Crippen LogP contribution in [-0.2, 0) is 9.53 Å². The van der Waals surface area contributed by atoms with Gasteiger partial charge in [0.25, 0.3) is 0 Å². The third-order valence-electron chi connectivity index (χ3n) is 2.50. The first-order valence-electron chi connectivity index (χ1n) is 5.69. The van der Waals surface area contributed by atoms with E-state index in [0.29, 0.717) is 13.2 Å². The van der Waals surface area contributed by atoms with Crippen molar-refractivity contribution in [2.45, 2.75) is 26.3 Å². The van der Waals surface area contributed by atoms with E-state index in [-0.39, 0.29) is 5.41 Å². The zero-order valence-corrected chi connectivity index (χ0v) is 11.0. The van der Waals surface area contributed by atoms with E-state index in [0.717, 1.165) is 6.42 Å². The summed E-state index contributed by atoms with van der Waals surface area (Å²) in [7, 11) is 1.61. The standard InChI is InChI=1S/C11H22N2O5/c1-11(2,4-5-18-3)7-12-10(17)13-8(6-14)9(15)16/h8,14H,4-7H2,1-3H3,(H,15,16)(H2,12,13,17)/t8-/m1/s1. The summed E-state index contributed by atoms with van der Waals surface area (Å²) in [6.07, 6.45) is 0.770. The SMILES string of the molecule is COCCC(C)(C)CNC(=O)N[C@H](CO)C(=O)O. The van der Waals surface area contributed by atoms with Gasteiger partial charge in [-0.2, -0.15) is 0 Å². The van der Waals surface area contributed by atoms with Crippen molar-refractivity contribution in [2.75, 3.05) is 26.9 Å². The van der Waals surface area contributed by atoms with Crippen LogP contribution in [0.5, 0.6) is 0 Å². The number of rotatable bonds is 8. The zero-order valence-electron chi connectivity index (χ0n) is 11.0. The van der Waals surface area contributed by atoms with E-state index in [1.165, 1.54) is 0 Å². The maximum Gasteiger partial charge on any atom is 0.328 e. The van der Waals surface area contributed by atoms with Crippen LogP contribution >= 0.6 is 0 Å². The Kier molecular flexibility index (Phi) is 7.30. The largest absolute Gasteiger partial charge is 0.480 e. The van der Waals surface area contributed by atoms with Crippen molar-refractivity contribution in [3.63, 3.8) is 0 Å². The van der Waals surface area contributed by atoms with E-state index >= 15 is 0 Å². The van der Waals surface area contributed by atoms with Gasteiger partial charge in [-0.3, -0.25) is 0 Å². The Balaban J connectivity index is 4.05. The maximum absolute atomic E-state index is 11.4. The second-order valence-electron chi connectivity index (χ2n) is 4.81. The van der Waals surface area contributed by atoms with Crippen molar-refractivity contribution in [3.8, 4) is 0 Å². The number of amides is 2. The summed E-state index contributed by atoms with van der Waals surface area (Å²) in [6.45, 7) is 4.26. The molecule has 2 amide bonds. The molecule has 0 saturated heterocycles. The maximum atomic E-state index is 11.4. The molecule has 0 aromatic carbocycles. The first-order chi connectivity index (χ1) is 8.32. The van der Waals surface area contributed by atoms with Gasteiger partial charge in [-0.25, -0.2) is 9.59 Å². The molecule has 7 heteroatoms. The number of aliphatic carboxylic acids is 1. The number of carboxylic acid groups (broad SMARTS) is 1. The third-order valence-corrected chi connectivity index (χ3v) is 2.50. The van der Waals surface area contributed by atoms with Gasteiger partial charge < -0.3 is 25.6 Å². The molecule has 0 fully saturated rings. The lowest BCUT2D eigenvalue weighted by Gasteiger charge is -2.25. The molecule has 0 heterocycles. The van der Waals surface area contributed by atoms with Crippen molar-refractivity contribution in [1.82, 2.24) is 10.6 Å². The van der Waals surface area contributed by atoms with Gasteiger partial charge in [0.2, 0.25) is 0 Å². The lowest BCUT2D eigenvalue weighted by atomic mass is 9.90. The van der Waals surface area contributed by atoms with Gasteiger partial charge in [0, 0.05) is 20.3 Å². The second-order valence-corrected chi connectivity index (χ2v) is 4.81. The summed E-state index contributed by atoms with van der Waals surface area (Å²) in [6, 6.07) is -1.89. The Morgan fingerprint density at radius 3 is 2.44 bits per heavy atom. The summed E-state index contributed by atoms with van der Waals surface area (Å²) in [5.74, 6) is -1.27. The lowest BCUT2D eigenvalue weighted by molar-refractivity contribution is -0.140. The molecule has 0 aromatic heterocycles. The number of carbonyl (C=O) groups excluding carboxylic acids is 1. The first-order valence-corrected chi connectivity index (χ1v) is 5.69. The third kappa shape index (κ3) is 7.08. The van der Waals surface area contributed by atoms with Gasteiger partial charge in [-0.05, 0) is 11.8 Å². The molecule has 0 radical (unpaired) electrons. The normalized spacial score (nSPS) is 12.9. The van der Waals surface area contributed by atoms with E-state index in [4.69, 9.17) is 14.9 Å². The lowest BCUT2D eigenvalue weighted by Crippen LogP contribution is -2.49. The molecule has 0 bridgehead atoms. The highest BCUT2D eigenvalue weighted by Crippen LogP contribution is 2.18. The van der Waals surface area contributed by atoms with Crippen LogP contribution in [0, 0.1) is 5.41 Å². The number of urea groups is 1. The summed E-state index contributed by atoms with van der Waals surface area (Å²) in [5, 5.41) is 22.1. The predicted octanol–water partition coefficient (Wildman–Crippen LogP) is -0.206. The minimum Gasteiger partial charge on any atom is -0.480 e. The van der Waals surface area contributed by atoms with Gasteiger partial charge in [-0.15, -0.1) is 0 Å². The summed E-state index contributed by atoms with van der Waals surface area (Å²) < 4.78 is 4.96. The molecular weight excluding hydrogens is 240 g/mol. The number of aliphatic hydroxyl groups is 1. The first kappa shape index (κ1) is 16.7. The number of carboxylic acids is 1. The van der Waals surface area contributed by atoms with Crippen molar-refractivity contribution >= 4 is 12.0 Å². The molecule has 0 aromatic rings. The highest BCUT2D eigenvalue weighted by Gasteiger charge is 2.21. The van der Waals surface area contributed by atoms with Crippen molar-refractivity contribution < 1.29 is 24.5 Å². The van der Waals surface area contributed by atoms with Crippen LogP contribution in [0.4, 0.5) is 4.79 Å². The van der Waals surface area contributed by atoms with E-state index in [9.17, 15) is 9.59 Å². The zero-order chi connectivity index (χ0) is 14.2. The molecule has 0 aliphatic rings. The number of nitrogens with one attached hydrogen (secondary N) is 2. The van der Waals surface area contributed by atoms with E-state index < -0.39 is 24.6 Å². The monoisotopic (exact) mass is 262 g/mol. The Morgan fingerprint density at radius 1 is 1.39 bits per heavy atom. The summed E-state index contributed by atoms with van der Waals surface area (Å²) >= 11 is 0. The fraction of sp³-hybridized carbons (Fsp3) is 0.818. The smallest absolute Gasteiger partial charge is 0.328 e. The van der Waals surface area contributed by atoms with E-state index in [2.05, 4.69) is 10.6 Å². The molecule has 7 nitrogen and oxygen atoms in total. The quantitative estimate of drug-likeness (QED) is 0.484. The topological polar surface area (TPSA) is 108 Å². The number of hydrogen-bond acceptors (Lipinski definition) is 4. The van der Waals surface area contributed by atoms with Crippen LogP contribution in [0.1, 0.15) is 20.3 Å². The predicted molar refractivity (Wildman–Crippen MR) is 65.3 cm³/mol. The molecule has 0 saturated carbocycles. The Morgan fingerprint density at radius 2 is 2.00 bits per heavy atom. The van der Waals surface area contributed by atoms with Crippen LogP contribution in [0.3, 0.4) is 0 Å². The molecule has 0 aliphatic carbocycles. The average molecular weight is 262 g/mol. The van der Waals surface area contributed by atoms with Crippen LogP contribution in [0.25, 0.3) is 0 Å². The summed E-state index contributed by atoms with van der Waals surface area (Å²) in [4.78, 5) is 22.0. The van der Waals surface area contributed by atoms with Gasteiger partial charge in [-0.1, -0.05) is 13.8 Å². The Hall–Kier alpha value is -1.34. The van der Waals surface area contributed by atoms with Gasteiger partial charge in [0.1, 0.15) is 0 Å². The minimum absolute atomic E-state index is 0.148. The number of methoxy groups -OCH3 is 1. The molecule has 0 rings (SSSR count). The van der Waals surface area contributed by atoms with Crippen molar-refractivity contribution in [2.24, 2.45) is 5.41 Å². The van der Waals surface area contributed by atoms with Crippen molar-refractivity contribution in [3.05, 3.63) is 0 Å². The number of ether oxygens (including phenoxy) is 1. The summed E-state index contributed by atoms with van der Waals surface area (Å²) in [5.41, 5.74) is -0.148. The highest BCUT2D eigenvalue weighted by molar-refractivity contribution is 5.82. The minimum atomic E-state index is -1.29. The molecule has 1 atom stereocenters. The molecule has 0 aliphatic heterocycles. The molecule has 18 heavy (non-hydrogen) atoms. The fourth-order valence-electron chi connectivity index (χ4n) is 1.18. The molecule has 4 N–H and O–H groups in total. The highest BCUT2D eigenvalue weighted by atomic mass is 16.5. The second kappa shape index (κ2) is 7.88.